The number of benzene rings is 2. The van der Waals surface area contributed by atoms with Crippen LogP contribution in [0.2, 0.25) is 0 Å². The minimum absolute atomic E-state index is 0.114. The average Bonchev–Trinajstić information content (AvgIpc) is 3.52. The van der Waals surface area contributed by atoms with Crippen molar-refractivity contribution >= 4 is 22.7 Å². The first-order valence-corrected chi connectivity index (χ1v) is 13.5. The number of fused-ring (bicyclic) bond motifs is 4. The van der Waals surface area contributed by atoms with Crippen LogP contribution in [0.4, 0.5) is 4.39 Å². The van der Waals surface area contributed by atoms with E-state index in [1.165, 1.54) is 18.1 Å². The van der Waals surface area contributed by atoms with Gasteiger partial charge in [0, 0.05) is 48.1 Å². The number of aromatic hydroxyl groups is 1. The maximum absolute atomic E-state index is 14.7. The van der Waals surface area contributed by atoms with Crippen LogP contribution in [0.15, 0.2) is 36.4 Å². The van der Waals surface area contributed by atoms with E-state index in [-0.39, 0.29) is 35.1 Å². The number of aromatic nitrogens is 1. The van der Waals surface area contributed by atoms with Gasteiger partial charge in [0.25, 0.3) is 0 Å². The lowest BCUT2D eigenvalue weighted by Crippen LogP contribution is -2.51. The normalized spacial score (nSPS) is 25.9. The van der Waals surface area contributed by atoms with Gasteiger partial charge in [0.05, 0.1) is 12.5 Å². The lowest BCUT2D eigenvalue weighted by Gasteiger charge is -2.45. The molecule has 2 fully saturated rings. The third-order valence-corrected chi connectivity index (χ3v) is 9.06. The molecule has 2 aromatic carbocycles. The Morgan fingerprint density at radius 1 is 1.16 bits per heavy atom. The Morgan fingerprint density at radius 3 is 2.68 bits per heavy atom. The largest absolute Gasteiger partial charge is 0.508 e. The summed E-state index contributed by atoms with van der Waals surface area (Å²) in [6.07, 6.45) is 3.58. The van der Waals surface area contributed by atoms with E-state index in [1.54, 1.807) is 24.3 Å². The van der Waals surface area contributed by atoms with E-state index in [0.717, 1.165) is 48.1 Å². The van der Waals surface area contributed by atoms with Gasteiger partial charge in [-0.1, -0.05) is 19.1 Å². The minimum Gasteiger partial charge on any atom is -0.508 e. The van der Waals surface area contributed by atoms with Crippen molar-refractivity contribution < 1.29 is 23.8 Å². The summed E-state index contributed by atoms with van der Waals surface area (Å²) >= 11 is 0. The fourth-order valence-corrected chi connectivity index (χ4v) is 7.10. The molecule has 2 N–H and O–H groups in total. The summed E-state index contributed by atoms with van der Waals surface area (Å²) < 4.78 is 20.0. The van der Waals surface area contributed by atoms with Crippen molar-refractivity contribution in [2.24, 2.45) is 11.3 Å². The highest BCUT2D eigenvalue weighted by Gasteiger charge is 2.54. The highest BCUT2D eigenvalue weighted by atomic mass is 19.1. The number of aromatic amines is 1. The Kier molecular flexibility index (Phi) is 6.17. The van der Waals surface area contributed by atoms with E-state index in [1.807, 2.05) is 13.0 Å². The van der Waals surface area contributed by atoms with Gasteiger partial charge in [-0.2, -0.15) is 0 Å². The topological polar surface area (TPSA) is 85.9 Å². The first kappa shape index (κ1) is 24.9. The summed E-state index contributed by atoms with van der Waals surface area (Å²) in [4.78, 5) is 35.0. The van der Waals surface area contributed by atoms with Gasteiger partial charge in [-0.05, 0) is 74.0 Å². The molecule has 1 unspecified atom stereocenters. The number of hydrogen-bond acceptors (Lipinski definition) is 5. The number of nitrogens with zero attached hydrogens (tertiary/aromatic N) is 2. The Balaban J connectivity index is 1.48. The first-order valence-electron chi connectivity index (χ1n) is 13.5. The van der Waals surface area contributed by atoms with Gasteiger partial charge in [-0.25, -0.2) is 4.39 Å². The molecule has 2 amide bonds. The molecule has 0 spiro atoms. The number of rotatable bonds is 5. The highest BCUT2D eigenvalue weighted by molar-refractivity contribution is 6.00. The number of carbonyl (C=O) groups excluding carboxylic acids is 2. The number of phenolic OH excluding ortho intramolecular Hbond substituents is 1. The van der Waals surface area contributed by atoms with Crippen LogP contribution in [-0.2, 0) is 16.0 Å². The van der Waals surface area contributed by atoms with Gasteiger partial charge in [0.2, 0.25) is 11.8 Å². The highest BCUT2D eigenvalue weighted by Crippen LogP contribution is 2.55. The second-order valence-electron chi connectivity index (χ2n) is 11.3. The summed E-state index contributed by atoms with van der Waals surface area (Å²) in [5.74, 6) is -0.862. The van der Waals surface area contributed by atoms with Crippen LogP contribution in [0.5, 0.6) is 11.5 Å². The zero-order valence-electron chi connectivity index (χ0n) is 21.9. The lowest BCUT2D eigenvalue weighted by molar-refractivity contribution is -0.151. The molecule has 0 bridgehead atoms. The summed E-state index contributed by atoms with van der Waals surface area (Å²) in [5.41, 5.74) is 2.51. The fourth-order valence-electron chi connectivity index (χ4n) is 7.10. The van der Waals surface area contributed by atoms with Crippen molar-refractivity contribution in [1.29, 1.82) is 0 Å². The van der Waals surface area contributed by atoms with E-state index in [4.69, 9.17) is 4.74 Å². The van der Waals surface area contributed by atoms with Crippen molar-refractivity contribution in [3.63, 3.8) is 0 Å². The van der Waals surface area contributed by atoms with Gasteiger partial charge in [-0.15, -0.1) is 0 Å². The fraction of sp³-hybridized carbons (Fsp3) is 0.467. The number of halogens is 1. The van der Waals surface area contributed by atoms with Crippen molar-refractivity contribution in [3.8, 4) is 11.5 Å². The molecule has 3 aliphatic rings. The number of methoxy groups -OCH3 is 1. The molecule has 1 aliphatic carbocycles. The third kappa shape index (κ3) is 3.97. The van der Waals surface area contributed by atoms with E-state index in [2.05, 4.69) is 9.88 Å². The number of H-pyrrole nitrogens is 1. The van der Waals surface area contributed by atoms with E-state index in [0.29, 0.717) is 37.9 Å². The number of nitrogens with one attached hydrogen (secondary N) is 1. The van der Waals surface area contributed by atoms with Gasteiger partial charge in [0.1, 0.15) is 5.75 Å². The van der Waals surface area contributed by atoms with Crippen molar-refractivity contribution in [3.05, 3.63) is 59.0 Å². The second kappa shape index (κ2) is 9.42. The average molecular weight is 520 g/mol. The van der Waals surface area contributed by atoms with E-state index in [9.17, 15) is 19.1 Å². The van der Waals surface area contributed by atoms with Crippen LogP contribution in [-0.4, -0.2) is 65.0 Å². The monoisotopic (exact) mass is 519 g/mol. The maximum atomic E-state index is 14.7. The molecule has 3 heterocycles. The lowest BCUT2D eigenvalue weighted by atomic mass is 9.59. The Hall–Kier alpha value is -3.39. The van der Waals surface area contributed by atoms with Crippen LogP contribution in [0.3, 0.4) is 0 Å². The zero-order chi connectivity index (χ0) is 26.6. The van der Waals surface area contributed by atoms with Crippen LogP contribution in [0.1, 0.15) is 55.3 Å². The molecule has 0 radical (unpaired) electrons. The Bertz CT molecular complexity index is 1410. The molecule has 2 aliphatic heterocycles. The smallest absolute Gasteiger partial charge is 0.235 e. The summed E-state index contributed by atoms with van der Waals surface area (Å²) in [5, 5.41) is 11.2. The SMILES string of the molecule is COc1cc2c3c([nH]c2cc1F)[C@@H](c1cccc(O)c1)C1CCC(=O)N(CCN2CCCC2)C(=O)[C@]1(C)C3. The van der Waals surface area contributed by atoms with Crippen LogP contribution >= 0.6 is 0 Å². The molecule has 200 valence electrons. The van der Waals surface area contributed by atoms with Crippen LogP contribution in [0, 0.1) is 17.2 Å². The number of phenols is 1. The molecule has 0 saturated carbocycles. The Morgan fingerprint density at radius 2 is 1.95 bits per heavy atom. The molecule has 8 heteroatoms. The summed E-state index contributed by atoms with van der Waals surface area (Å²) in [7, 11) is 1.44. The van der Waals surface area contributed by atoms with Gasteiger partial charge in [0.15, 0.2) is 11.6 Å². The van der Waals surface area contributed by atoms with E-state index >= 15 is 0 Å². The summed E-state index contributed by atoms with van der Waals surface area (Å²) in [6, 6.07) is 10.2. The molecular formula is C30H34FN3O4. The molecule has 3 aromatic rings. The predicted molar refractivity (Wildman–Crippen MR) is 142 cm³/mol. The third-order valence-electron chi connectivity index (χ3n) is 9.06. The number of imide groups is 1. The molecule has 6 rings (SSSR count). The molecule has 2 saturated heterocycles. The van der Waals surface area contributed by atoms with Gasteiger partial charge < -0.3 is 19.7 Å². The quantitative estimate of drug-likeness (QED) is 0.482. The van der Waals surface area contributed by atoms with Gasteiger partial charge >= 0.3 is 0 Å². The standard InChI is InChI=1S/C30H34FN3O4/c1-30-17-21-20-15-25(38-2)23(31)16-24(20)32-28(21)27(18-6-5-7-19(35)14-18)22(30)8-9-26(36)34(29(30)37)13-12-33-10-3-4-11-33/h5-7,14-16,22,27,32,35H,3-4,8-13,17H2,1-2H3/t22?,27-,30+/m0/s1. The van der Waals surface area contributed by atoms with Crippen LogP contribution < -0.4 is 4.74 Å². The van der Waals surface area contributed by atoms with Crippen molar-refractivity contribution in [2.75, 3.05) is 33.3 Å². The van der Waals surface area contributed by atoms with Gasteiger partial charge in [-0.3, -0.25) is 14.5 Å². The maximum Gasteiger partial charge on any atom is 0.235 e. The second-order valence-corrected chi connectivity index (χ2v) is 11.3. The molecule has 3 atom stereocenters. The minimum atomic E-state index is -0.850. The predicted octanol–water partition coefficient (Wildman–Crippen LogP) is 4.58. The van der Waals surface area contributed by atoms with E-state index < -0.39 is 11.2 Å². The number of likely N-dealkylation sites (tertiary alicyclic amines) is 2. The number of hydrogen-bond donors (Lipinski definition) is 2. The number of ether oxygens (including phenoxy) is 1. The Labute approximate surface area is 221 Å². The van der Waals surface area contributed by atoms with Crippen molar-refractivity contribution in [1.82, 2.24) is 14.8 Å². The molecule has 1 aromatic heterocycles. The number of amides is 2. The first-order chi connectivity index (χ1) is 18.3. The molecular weight excluding hydrogens is 485 g/mol. The zero-order valence-corrected chi connectivity index (χ0v) is 21.9. The molecule has 38 heavy (non-hydrogen) atoms. The van der Waals surface area contributed by atoms with Crippen LogP contribution in [0.25, 0.3) is 10.9 Å². The van der Waals surface area contributed by atoms with Crippen molar-refractivity contribution in [2.45, 2.75) is 44.9 Å². The molecule has 7 nitrogen and oxygen atoms in total. The summed E-state index contributed by atoms with van der Waals surface area (Å²) in [6.45, 7) is 5.10. The number of carbonyl (C=O) groups is 2.